The van der Waals surface area contributed by atoms with Crippen molar-refractivity contribution in [2.45, 2.75) is 48.5 Å². The van der Waals surface area contributed by atoms with E-state index < -0.39 is 0 Å². The topological polar surface area (TPSA) is 0 Å². The highest BCUT2D eigenvalue weighted by Crippen LogP contribution is 2.24. The van der Waals surface area contributed by atoms with Gasteiger partial charge in [0.2, 0.25) is 0 Å². The summed E-state index contributed by atoms with van der Waals surface area (Å²) in [5.41, 5.74) is 6.33. The summed E-state index contributed by atoms with van der Waals surface area (Å²) in [6.07, 6.45) is 0. The molecule has 0 spiro atoms. The van der Waals surface area contributed by atoms with Gasteiger partial charge in [0.1, 0.15) is 0 Å². The molecule has 26 heavy (non-hydrogen) atoms. The van der Waals surface area contributed by atoms with Gasteiger partial charge in [-0.25, -0.2) is 0 Å². The van der Waals surface area contributed by atoms with E-state index in [0.717, 1.165) is 0 Å². The monoisotopic (exact) mass is 366 g/mol. The van der Waals surface area contributed by atoms with Gasteiger partial charge in [-0.2, -0.15) is 0 Å². The summed E-state index contributed by atoms with van der Waals surface area (Å²) in [5.74, 6) is 0. The first kappa shape index (κ1) is 24.1. The third-order valence-corrected chi connectivity index (χ3v) is 3.90. The minimum absolute atomic E-state index is 1.21. The molecule has 0 aliphatic heterocycles. The number of aryl methyl sites for hydroxylation is 1. The van der Waals surface area contributed by atoms with Crippen LogP contribution in [0.1, 0.15) is 47.1 Å². The van der Waals surface area contributed by atoms with Crippen molar-refractivity contribution in [3.63, 3.8) is 0 Å². The van der Waals surface area contributed by atoms with Crippen LogP contribution in [0.4, 0.5) is 0 Å². The van der Waals surface area contributed by atoms with E-state index in [0.29, 0.717) is 0 Å². The van der Waals surface area contributed by atoms with Gasteiger partial charge in [-0.3, -0.25) is 0 Å². The molecular weight excluding hydrogens is 331 g/mol. The Hall–Kier alpha value is -1.91. The molecule has 3 aromatic rings. The molecule has 0 saturated heterocycles. The van der Waals surface area contributed by atoms with Gasteiger partial charge >= 0.3 is 0 Å². The molecule has 1 heteroatoms. The van der Waals surface area contributed by atoms with Crippen molar-refractivity contribution in [3.8, 4) is 22.3 Å². The summed E-state index contributed by atoms with van der Waals surface area (Å²) in [6.45, 7) is 14.1. The van der Waals surface area contributed by atoms with E-state index in [1.165, 1.54) is 33.1 Å². The molecule has 0 N–H and O–H groups in total. The van der Waals surface area contributed by atoms with E-state index in [2.05, 4.69) is 89.0 Å². The molecule has 0 heterocycles. The molecule has 1 atom stereocenters. The maximum Gasteiger partial charge on any atom is -0.0184 e. The maximum absolute atomic E-state index is 2.72. The fourth-order valence-electron chi connectivity index (χ4n) is 2.28. The lowest BCUT2D eigenvalue weighted by molar-refractivity contribution is 1.47. The zero-order chi connectivity index (χ0) is 19.9. The van der Waals surface area contributed by atoms with Crippen LogP contribution in [0.15, 0.2) is 72.8 Å². The third-order valence-electron chi connectivity index (χ3n) is 3.51. The summed E-state index contributed by atoms with van der Waals surface area (Å²) < 4.78 is 0. The molecule has 0 bridgehead atoms. The average Bonchev–Trinajstić information content (AvgIpc) is 2.74. The molecule has 3 rings (SSSR count). The van der Waals surface area contributed by atoms with Crippen molar-refractivity contribution in [3.05, 3.63) is 78.4 Å². The zero-order valence-electron chi connectivity index (χ0n) is 17.5. The van der Waals surface area contributed by atoms with E-state index >= 15 is 0 Å². The highest BCUT2D eigenvalue weighted by Gasteiger charge is 2.00. The Morgan fingerprint density at radius 1 is 0.423 bits per heavy atom. The van der Waals surface area contributed by atoms with Crippen LogP contribution in [0, 0.1) is 6.92 Å². The largest absolute Gasteiger partial charge is 0.106 e. The Morgan fingerprint density at radius 2 is 0.654 bits per heavy atom. The smallest absolute Gasteiger partial charge is 0.0184 e. The van der Waals surface area contributed by atoms with Crippen molar-refractivity contribution in [2.24, 2.45) is 0 Å². The second-order valence-electron chi connectivity index (χ2n) is 5.07. The van der Waals surface area contributed by atoms with Crippen LogP contribution in [0.25, 0.3) is 22.3 Å². The minimum atomic E-state index is 1.21. The van der Waals surface area contributed by atoms with Gasteiger partial charge in [-0.05, 0) is 34.5 Å². The predicted octanol–water partition coefficient (Wildman–Crippen LogP) is 7.91. The Balaban J connectivity index is 0.000000948. The molecule has 140 valence electrons. The van der Waals surface area contributed by atoms with Gasteiger partial charge in [0.25, 0.3) is 0 Å². The Kier molecular flexibility index (Phi) is 13.2. The van der Waals surface area contributed by atoms with E-state index in [1.54, 1.807) is 0 Å². The molecular formula is C25H35P. The Bertz CT molecular complexity index is 628. The molecule has 0 fully saturated rings. The van der Waals surface area contributed by atoms with Crippen LogP contribution in [0.3, 0.4) is 0 Å². The van der Waals surface area contributed by atoms with Crippen molar-refractivity contribution in [2.75, 3.05) is 0 Å². The van der Waals surface area contributed by atoms with Gasteiger partial charge in [-0.15, -0.1) is 9.24 Å². The Morgan fingerprint density at radius 3 is 0.962 bits per heavy atom. The van der Waals surface area contributed by atoms with Crippen LogP contribution < -0.4 is 5.30 Å². The van der Waals surface area contributed by atoms with Crippen molar-refractivity contribution in [1.82, 2.24) is 0 Å². The fourth-order valence-corrected chi connectivity index (χ4v) is 2.47. The number of hydrogen-bond donors (Lipinski definition) is 0. The van der Waals surface area contributed by atoms with Crippen LogP contribution in [-0.2, 0) is 0 Å². The van der Waals surface area contributed by atoms with Gasteiger partial charge in [0.05, 0.1) is 0 Å². The number of rotatable bonds is 2. The van der Waals surface area contributed by atoms with Crippen LogP contribution >= 0.6 is 9.24 Å². The fraction of sp³-hybridized carbons (Fsp3) is 0.280. The van der Waals surface area contributed by atoms with Crippen LogP contribution in [-0.4, -0.2) is 0 Å². The molecule has 0 saturated carbocycles. The molecule has 0 aliphatic carbocycles. The lowest BCUT2D eigenvalue weighted by atomic mass is 10.00. The average molecular weight is 367 g/mol. The SMILES string of the molecule is CC.CC.CC.Cc1ccc(-c2ccc(-c3ccc(P)cc3)cc2)cc1. The quantitative estimate of drug-likeness (QED) is 0.404. The molecule has 0 nitrogen and oxygen atoms in total. The Labute approximate surface area is 163 Å². The normalized spacial score (nSPS) is 8.77. The van der Waals surface area contributed by atoms with E-state index in [1.807, 2.05) is 41.5 Å². The van der Waals surface area contributed by atoms with Crippen molar-refractivity contribution < 1.29 is 0 Å². The number of hydrogen-bond acceptors (Lipinski definition) is 0. The van der Waals surface area contributed by atoms with Gasteiger partial charge in [0, 0.05) is 0 Å². The van der Waals surface area contributed by atoms with Crippen molar-refractivity contribution >= 4 is 14.5 Å². The lowest BCUT2D eigenvalue weighted by Gasteiger charge is -2.06. The van der Waals surface area contributed by atoms with Gasteiger partial charge < -0.3 is 0 Å². The maximum atomic E-state index is 2.72. The van der Waals surface area contributed by atoms with Crippen molar-refractivity contribution in [1.29, 1.82) is 0 Å². The van der Waals surface area contributed by atoms with E-state index in [-0.39, 0.29) is 0 Å². The first-order valence-electron chi connectivity index (χ1n) is 9.75. The second-order valence-corrected chi connectivity index (χ2v) is 5.73. The molecule has 1 unspecified atom stereocenters. The predicted molar refractivity (Wildman–Crippen MR) is 125 cm³/mol. The summed E-state index contributed by atoms with van der Waals surface area (Å²) in [4.78, 5) is 0. The second kappa shape index (κ2) is 14.3. The van der Waals surface area contributed by atoms with Crippen LogP contribution in [0.2, 0.25) is 0 Å². The first-order chi connectivity index (χ1) is 12.7. The lowest BCUT2D eigenvalue weighted by Crippen LogP contribution is -1.88. The summed E-state index contributed by atoms with van der Waals surface area (Å²) in [5, 5.41) is 1.21. The van der Waals surface area contributed by atoms with Gasteiger partial charge in [-0.1, -0.05) is 120 Å². The van der Waals surface area contributed by atoms with E-state index in [9.17, 15) is 0 Å². The summed E-state index contributed by atoms with van der Waals surface area (Å²) in [7, 11) is 2.72. The minimum Gasteiger partial charge on any atom is -0.106 e. The molecule has 0 radical (unpaired) electrons. The third kappa shape index (κ3) is 7.54. The summed E-state index contributed by atoms with van der Waals surface area (Å²) >= 11 is 0. The first-order valence-corrected chi connectivity index (χ1v) is 10.3. The zero-order valence-corrected chi connectivity index (χ0v) is 18.7. The molecule has 0 aromatic heterocycles. The molecule has 3 aromatic carbocycles. The standard InChI is InChI=1S/C19H17P.3C2H6/c1-14-2-4-15(5-3-14)16-6-8-17(9-7-16)18-10-12-19(20)13-11-18;3*1-2/h2-13H,20H2,1H3;3*1-2H3. The highest BCUT2D eigenvalue weighted by atomic mass is 31.0. The highest BCUT2D eigenvalue weighted by molar-refractivity contribution is 7.27. The summed E-state index contributed by atoms with van der Waals surface area (Å²) in [6, 6.07) is 26.0. The molecule has 0 aliphatic rings. The van der Waals surface area contributed by atoms with E-state index in [4.69, 9.17) is 0 Å². The van der Waals surface area contributed by atoms with Gasteiger partial charge in [0.15, 0.2) is 0 Å². The van der Waals surface area contributed by atoms with Crippen LogP contribution in [0.5, 0.6) is 0 Å². The number of benzene rings is 3. The molecule has 0 amide bonds.